The zero-order valence-corrected chi connectivity index (χ0v) is 16.9. The number of rotatable bonds is 9. The molecule has 27 heavy (non-hydrogen) atoms. The van der Waals surface area contributed by atoms with Gasteiger partial charge in [-0.3, -0.25) is 9.67 Å². The number of aryl methyl sites for hydroxylation is 2. The summed E-state index contributed by atoms with van der Waals surface area (Å²) in [6, 6.07) is 6.09. The lowest BCUT2D eigenvalue weighted by Crippen LogP contribution is -2.39. The molecule has 0 aliphatic rings. The molecular formula is C19H30N6O2. The maximum atomic E-state index is 5.64. The fourth-order valence-corrected chi connectivity index (χ4v) is 2.77. The third kappa shape index (κ3) is 5.87. The standard InChI is InChI=1S/C19H30N6O2/c1-6-27-17-12-15(9-10-16(17)26-5)8-7-11-21-19(20-2)24(3)13-18-22-14-23-25(18)4/h9-10,12,14H,6-8,11,13H2,1-5H3,(H,20,21). The third-order valence-electron chi connectivity index (χ3n) is 4.21. The van der Waals surface area contributed by atoms with Gasteiger partial charge in [0.15, 0.2) is 17.5 Å². The second kappa shape index (κ2) is 10.4. The van der Waals surface area contributed by atoms with Gasteiger partial charge < -0.3 is 19.7 Å². The van der Waals surface area contributed by atoms with Crippen molar-refractivity contribution in [3.63, 3.8) is 0 Å². The topological polar surface area (TPSA) is 76.8 Å². The van der Waals surface area contributed by atoms with Crippen molar-refractivity contribution in [1.82, 2.24) is 25.0 Å². The second-order valence-corrected chi connectivity index (χ2v) is 6.15. The summed E-state index contributed by atoms with van der Waals surface area (Å²) in [4.78, 5) is 10.6. The van der Waals surface area contributed by atoms with Crippen LogP contribution >= 0.6 is 0 Å². The highest BCUT2D eigenvalue weighted by atomic mass is 16.5. The molecule has 2 aromatic rings. The molecule has 2 rings (SSSR count). The van der Waals surface area contributed by atoms with Gasteiger partial charge in [-0.05, 0) is 37.5 Å². The van der Waals surface area contributed by atoms with E-state index in [9.17, 15) is 0 Å². The Morgan fingerprint density at radius 1 is 1.33 bits per heavy atom. The molecule has 0 radical (unpaired) electrons. The second-order valence-electron chi connectivity index (χ2n) is 6.15. The molecule has 1 aromatic carbocycles. The normalized spacial score (nSPS) is 11.4. The number of ether oxygens (including phenoxy) is 2. The van der Waals surface area contributed by atoms with Crippen molar-refractivity contribution in [2.75, 3.05) is 34.4 Å². The quantitative estimate of drug-likeness (QED) is 0.410. The number of aliphatic imine (C=N–C) groups is 1. The Balaban J connectivity index is 1.82. The van der Waals surface area contributed by atoms with Crippen LogP contribution in [0.1, 0.15) is 24.7 Å². The highest BCUT2D eigenvalue weighted by Crippen LogP contribution is 2.28. The van der Waals surface area contributed by atoms with Crippen LogP contribution in [0.15, 0.2) is 29.5 Å². The van der Waals surface area contributed by atoms with E-state index in [1.807, 2.05) is 32.0 Å². The van der Waals surface area contributed by atoms with Crippen LogP contribution in [0.2, 0.25) is 0 Å². The van der Waals surface area contributed by atoms with E-state index in [4.69, 9.17) is 9.47 Å². The van der Waals surface area contributed by atoms with Crippen molar-refractivity contribution >= 4 is 5.96 Å². The zero-order valence-electron chi connectivity index (χ0n) is 16.9. The van der Waals surface area contributed by atoms with Gasteiger partial charge in [0.1, 0.15) is 12.2 Å². The Morgan fingerprint density at radius 3 is 2.78 bits per heavy atom. The number of hydrogen-bond donors (Lipinski definition) is 1. The number of benzene rings is 1. The summed E-state index contributed by atoms with van der Waals surface area (Å²) < 4.78 is 12.7. The molecule has 1 aromatic heterocycles. The Labute approximate surface area is 161 Å². The molecule has 0 atom stereocenters. The summed E-state index contributed by atoms with van der Waals surface area (Å²) in [5.41, 5.74) is 1.23. The molecule has 0 saturated carbocycles. The number of nitrogens with zero attached hydrogens (tertiary/aromatic N) is 5. The average molecular weight is 374 g/mol. The number of guanidine groups is 1. The average Bonchev–Trinajstić information content (AvgIpc) is 3.06. The summed E-state index contributed by atoms with van der Waals surface area (Å²) >= 11 is 0. The smallest absolute Gasteiger partial charge is 0.193 e. The number of aromatic nitrogens is 3. The fourth-order valence-electron chi connectivity index (χ4n) is 2.77. The molecule has 0 unspecified atom stereocenters. The van der Waals surface area contributed by atoms with Crippen LogP contribution in [0.5, 0.6) is 11.5 Å². The first-order valence-corrected chi connectivity index (χ1v) is 9.13. The molecule has 0 amide bonds. The van der Waals surface area contributed by atoms with Gasteiger partial charge in [-0.2, -0.15) is 5.10 Å². The minimum absolute atomic E-state index is 0.621. The minimum Gasteiger partial charge on any atom is -0.493 e. The highest BCUT2D eigenvalue weighted by Gasteiger charge is 2.10. The van der Waals surface area contributed by atoms with Crippen molar-refractivity contribution < 1.29 is 9.47 Å². The van der Waals surface area contributed by atoms with Gasteiger partial charge in [0.05, 0.1) is 20.3 Å². The lowest BCUT2D eigenvalue weighted by molar-refractivity contribution is 0.310. The molecule has 8 heteroatoms. The Bertz CT molecular complexity index is 744. The maximum absolute atomic E-state index is 5.64. The van der Waals surface area contributed by atoms with E-state index in [0.717, 1.165) is 42.7 Å². The SMILES string of the molecule is CCOc1cc(CCCNC(=NC)N(C)Cc2ncnn2C)ccc1OC. The monoisotopic (exact) mass is 374 g/mol. The van der Waals surface area contributed by atoms with Gasteiger partial charge in [0.25, 0.3) is 0 Å². The van der Waals surface area contributed by atoms with E-state index in [1.165, 1.54) is 5.56 Å². The van der Waals surface area contributed by atoms with Gasteiger partial charge in [0.2, 0.25) is 0 Å². The number of nitrogens with one attached hydrogen (secondary N) is 1. The molecule has 148 valence electrons. The van der Waals surface area contributed by atoms with Gasteiger partial charge in [0, 0.05) is 27.7 Å². The van der Waals surface area contributed by atoms with Crippen LogP contribution in [0.4, 0.5) is 0 Å². The van der Waals surface area contributed by atoms with E-state index in [-0.39, 0.29) is 0 Å². The number of hydrogen-bond acceptors (Lipinski definition) is 5. The van der Waals surface area contributed by atoms with E-state index in [1.54, 1.807) is 25.2 Å². The first-order valence-electron chi connectivity index (χ1n) is 9.13. The molecular weight excluding hydrogens is 344 g/mol. The van der Waals surface area contributed by atoms with Crippen LogP contribution < -0.4 is 14.8 Å². The Hall–Kier alpha value is -2.77. The minimum atomic E-state index is 0.621. The molecule has 8 nitrogen and oxygen atoms in total. The lowest BCUT2D eigenvalue weighted by Gasteiger charge is -2.21. The summed E-state index contributed by atoms with van der Waals surface area (Å²) in [6.07, 6.45) is 3.49. The first-order chi connectivity index (χ1) is 13.1. The molecule has 0 aliphatic carbocycles. The molecule has 0 aliphatic heterocycles. The van der Waals surface area contributed by atoms with Crippen molar-refractivity contribution in [2.24, 2.45) is 12.0 Å². The van der Waals surface area contributed by atoms with E-state index < -0.39 is 0 Å². The summed E-state index contributed by atoms with van der Waals surface area (Å²) in [6.45, 7) is 4.06. The van der Waals surface area contributed by atoms with Crippen LogP contribution in [-0.2, 0) is 20.0 Å². The number of methoxy groups -OCH3 is 1. The molecule has 1 heterocycles. The molecule has 1 N–H and O–H groups in total. The van der Waals surface area contributed by atoms with Crippen molar-refractivity contribution in [3.8, 4) is 11.5 Å². The van der Waals surface area contributed by atoms with Gasteiger partial charge >= 0.3 is 0 Å². The zero-order chi connectivity index (χ0) is 19.6. The van der Waals surface area contributed by atoms with Crippen LogP contribution in [-0.4, -0.2) is 60.0 Å². The van der Waals surface area contributed by atoms with Crippen LogP contribution in [0.3, 0.4) is 0 Å². The predicted molar refractivity (Wildman–Crippen MR) is 106 cm³/mol. The van der Waals surface area contributed by atoms with Crippen molar-refractivity contribution in [2.45, 2.75) is 26.3 Å². The highest BCUT2D eigenvalue weighted by molar-refractivity contribution is 5.79. The van der Waals surface area contributed by atoms with Crippen LogP contribution in [0, 0.1) is 0 Å². The van der Waals surface area contributed by atoms with Gasteiger partial charge in [-0.1, -0.05) is 6.07 Å². The van der Waals surface area contributed by atoms with Crippen molar-refractivity contribution in [1.29, 1.82) is 0 Å². The first kappa shape index (κ1) is 20.5. The Kier molecular flexibility index (Phi) is 7.91. The third-order valence-corrected chi connectivity index (χ3v) is 4.21. The lowest BCUT2D eigenvalue weighted by atomic mass is 10.1. The fraction of sp³-hybridized carbons (Fsp3) is 0.526. The van der Waals surface area contributed by atoms with E-state index in [0.29, 0.717) is 13.2 Å². The van der Waals surface area contributed by atoms with E-state index >= 15 is 0 Å². The molecule has 0 bridgehead atoms. The van der Waals surface area contributed by atoms with E-state index in [2.05, 4.69) is 32.5 Å². The summed E-state index contributed by atoms with van der Waals surface area (Å²) in [5.74, 6) is 3.29. The van der Waals surface area contributed by atoms with Crippen molar-refractivity contribution in [3.05, 3.63) is 35.9 Å². The molecule has 0 saturated heterocycles. The molecule has 0 spiro atoms. The largest absolute Gasteiger partial charge is 0.493 e. The van der Waals surface area contributed by atoms with Gasteiger partial charge in [-0.15, -0.1) is 0 Å². The van der Waals surface area contributed by atoms with Gasteiger partial charge in [-0.25, -0.2) is 4.98 Å². The summed E-state index contributed by atoms with van der Waals surface area (Å²) in [5, 5.41) is 7.49. The maximum Gasteiger partial charge on any atom is 0.193 e. The predicted octanol–water partition coefficient (Wildman–Crippen LogP) is 1.86. The summed E-state index contributed by atoms with van der Waals surface area (Å²) in [7, 11) is 7.32. The molecule has 0 fully saturated rings. The Morgan fingerprint density at radius 2 is 2.15 bits per heavy atom. The van der Waals surface area contributed by atoms with Crippen LogP contribution in [0.25, 0.3) is 0 Å².